The van der Waals surface area contributed by atoms with Crippen LogP contribution in [0.15, 0.2) is 12.1 Å². The molecule has 0 unspecified atom stereocenters. The molecule has 7 nitrogen and oxygen atoms in total. The van der Waals surface area contributed by atoms with E-state index >= 15 is 0 Å². The maximum Gasteiger partial charge on any atom is 0.407 e. The first-order chi connectivity index (χ1) is 8.00. The zero-order chi connectivity index (χ0) is 12.8. The van der Waals surface area contributed by atoms with Crippen molar-refractivity contribution in [3.8, 4) is 17.6 Å². The van der Waals surface area contributed by atoms with Gasteiger partial charge in [-0.15, -0.1) is 0 Å². The molecule has 1 rings (SSSR count). The molecular weight excluding hydrogens is 226 g/mol. The summed E-state index contributed by atoms with van der Waals surface area (Å²) in [6.07, 6.45) is 0. The largest absolute Gasteiger partial charge is 0.501 e. The number of nitrogens with one attached hydrogen (secondary N) is 1. The summed E-state index contributed by atoms with van der Waals surface area (Å²) < 4.78 is 0. The van der Waals surface area contributed by atoms with Crippen LogP contribution in [0.1, 0.15) is 12.6 Å². The van der Waals surface area contributed by atoms with E-state index in [1.807, 2.05) is 0 Å². The predicted molar refractivity (Wildman–Crippen MR) is 58.1 cm³/mol. The van der Waals surface area contributed by atoms with E-state index in [0.717, 1.165) is 6.07 Å². The average molecular weight is 235 g/mol. The van der Waals surface area contributed by atoms with E-state index in [1.165, 1.54) is 13.0 Å². The molecule has 0 aliphatic heterocycles. The second-order valence-electron chi connectivity index (χ2n) is 3.01. The molecule has 0 saturated carbocycles. The Morgan fingerprint density at radius 1 is 1.65 bits per heavy atom. The average Bonchev–Trinajstić information content (AvgIpc) is 2.25. The Balaban J connectivity index is 2.82. The van der Waals surface area contributed by atoms with Gasteiger partial charge in [-0.05, 0) is 21.9 Å². The first kappa shape index (κ1) is 12.4. The van der Waals surface area contributed by atoms with Crippen molar-refractivity contribution >= 4 is 11.7 Å². The number of pyridine rings is 1. The third-order valence-electron chi connectivity index (χ3n) is 1.67. The third kappa shape index (κ3) is 3.79. The molecule has 0 fully saturated rings. The number of amides is 1. The van der Waals surface area contributed by atoms with Crippen LogP contribution in [0.4, 0.5) is 5.82 Å². The molecule has 0 saturated heterocycles. The van der Waals surface area contributed by atoms with E-state index in [1.54, 1.807) is 0 Å². The molecule has 0 aliphatic carbocycles. The van der Waals surface area contributed by atoms with E-state index in [4.69, 9.17) is 5.11 Å². The molecule has 1 amide bonds. The van der Waals surface area contributed by atoms with E-state index in [2.05, 4.69) is 22.1 Å². The van der Waals surface area contributed by atoms with Crippen LogP contribution in [-0.2, 0) is 4.79 Å². The summed E-state index contributed by atoms with van der Waals surface area (Å²) in [5.74, 6) is 3.73. The van der Waals surface area contributed by atoms with Crippen molar-refractivity contribution in [3.63, 3.8) is 0 Å². The van der Waals surface area contributed by atoms with Crippen molar-refractivity contribution in [1.29, 1.82) is 0 Å². The molecule has 0 aliphatic rings. The topological polar surface area (TPSA) is 105 Å². The molecule has 0 radical (unpaired) electrons. The fourth-order valence-electron chi connectivity index (χ4n) is 0.948. The van der Waals surface area contributed by atoms with Crippen LogP contribution < -0.4 is 5.32 Å². The zero-order valence-corrected chi connectivity index (χ0v) is 8.93. The molecular formula is C10H9N3O4. The lowest BCUT2D eigenvalue weighted by Gasteiger charge is -1.94. The molecule has 0 atom stereocenters. The van der Waals surface area contributed by atoms with Crippen LogP contribution in [-0.4, -0.2) is 27.5 Å². The molecule has 0 bridgehead atoms. The smallest absolute Gasteiger partial charge is 0.407 e. The Morgan fingerprint density at radius 3 is 2.94 bits per heavy atom. The first-order valence-electron chi connectivity index (χ1n) is 4.58. The van der Waals surface area contributed by atoms with Crippen LogP contribution in [0.25, 0.3) is 0 Å². The maximum atomic E-state index is 10.5. The van der Waals surface area contributed by atoms with Gasteiger partial charge in [-0.25, -0.2) is 0 Å². The number of aromatic hydroxyl groups is 1. The van der Waals surface area contributed by atoms with Gasteiger partial charge in [0, 0.05) is 13.0 Å². The minimum absolute atomic E-state index is 0.131. The van der Waals surface area contributed by atoms with Gasteiger partial charge in [-0.2, -0.15) is 0 Å². The SMILES string of the molecule is CC(=O)NCC#Cc1ccc(O)c([N+](=O)[O-])n1. The van der Waals surface area contributed by atoms with Crippen LogP contribution in [0.5, 0.6) is 5.75 Å². The fraction of sp³-hybridized carbons (Fsp3) is 0.200. The molecule has 0 spiro atoms. The lowest BCUT2D eigenvalue weighted by molar-refractivity contribution is -0.390. The minimum Gasteiger partial charge on any atom is -0.501 e. The van der Waals surface area contributed by atoms with Gasteiger partial charge in [0.1, 0.15) is 0 Å². The lowest BCUT2D eigenvalue weighted by Crippen LogP contribution is -2.19. The van der Waals surface area contributed by atoms with Crippen molar-refractivity contribution in [1.82, 2.24) is 10.3 Å². The summed E-state index contributed by atoms with van der Waals surface area (Å²) in [7, 11) is 0. The maximum absolute atomic E-state index is 10.5. The van der Waals surface area contributed by atoms with Crippen LogP contribution in [0.3, 0.4) is 0 Å². The van der Waals surface area contributed by atoms with E-state index in [-0.39, 0.29) is 18.1 Å². The van der Waals surface area contributed by atoms with Gasteiger partial charge in [0.2, 0.25) is 17.4 Å². The number of carbonyl (C=O) groups excluding carboxylic acids is 1. The minimum atomic E-state index is -0.797. The van der Waals surface area contributed by atoms with Crippen LogP contribution >= 0.6 is 0 Å². The highest BCUT2D eigenvalue weighted by molar-refractivity contribution is 5.73. The van der Waals surface area contributed by atoms with Crippen molar-refractivity contribution in [3.05, 3.63) is 27.9 Å². The molecule has 88 valence electrons. The highest BCUT2D eigenvalue weighted by atomic mass is 16.6. The monoisotopic (exact) mass is 235 g/mol. The Kier molecular flexibility index (Phi) is 4.00. The van der Waals surface area contributed by atoms with Crippen molar-refractivity contribution < 1.29 is 14.8 Å². The summed E-state index contributed by atoms with van der Waals surface area (Å²) >= 11 is 0. The summed E-state index contributed by atoms with van der Waals surface area (Å²) in [6, 6.07) is 2.50. The number of carbonyl (C=O) groups is 1. The van der Waals surface area contributed by atoms with Gasteiger partial charge < -0.3 is 20.5 Å². The molecule has 2 N–H and O–H groups in total. The summed E-state index contributed by atoms with van der Waals surface area (Å²) in [4.78, 5) is 23.8. The number of aromatic nitrogens is 1. The van der Waals surface area contributed by atoms with Crippen molar-refractivity contribution in [2.45, 2.75) is 6.92 Å². The Morgan fingerprint density at radius 2 is 2.35 bits per heavy atom. The number of nitro groups is 1. The van der Waals surface area contributed by atoms with Gasteiger partial charge in [-0.1, -0.05) is 5.92 Å². The molecule has 17 heavy (non-hydrogen) atoms. The van der Waals surface area contributed by atoms with E-state index in [9.17, 15) is 14.9 Å². The van der Waals surface area contributed by atoms with Gasteiger partial charge >= 0.3 is 5.82 Å². The van der Waals surface area contributed by atoms with Crippen LogP contribution in [0, 0.1) is 22.0 Å². The first-order valence-corrected chi connectivity index (χ1v) is 4.58. The second kappa shape index (κ2) is 5.46. The predicted octanol–water partition coefficient (Wildman–Crippen LogP) is 0.183. The highest BCUT2D eigenvalue weighted by Gasteiger charge is 2.15. The van der Waals surface area contributed by atoms with Gasteiger partial charge in [0.25, 0.3) is 0 Å². The number of nitrogens with zero attached hydrogens (tertiary/aromatic N) is 2. The molecule has 0 aromatic carbocycles. The normalized spacial score (nSPS) is 9.00. The Labute approximate surface area is 96.6 Å². The van der Waals surface area contributed by atoms with Gasteiger partial charge in [0.15, 0.2) is 0 Å². The number of hydrogen-bond donors (Lipinski definition) is 2. The molecule has 7 heteroatoms. The molecule has 1 aromatic rings. The zero-order valence-electron chi connectivity index (χ0n) is 8.93. The Bertz CT molecular complexity index is 516. The van der Waals surface area contributed by atoms with Gasteiger partial charge in [-0.3, -0.25) is 4.79 Å². The van der Waals surface area contributed by atoms with E-state index in [0.29, 0.717) is 0 Å². The highest BCUT2D eigenvalue weighted by Crippen LogP contribution is 2.21. The van der Waals surface area contributed by atoms with Crippen LogP contribution in [0.2, 0.25) is 0 Å². The number of hydrogen-bond acceptors (Lipinski definition) is 5. The summed E-state index contributed by atoms with van der Waals surface area (Å²) in [6.45, 7) is 1.48. The molecule has 1 heterocycles. The van der Waals surface area contributed by atoms with Gasteiger partial charge in [0.05, 0.1) is 6.54 Å². The van der Waals surface area contributed by atoms with Crippen molar-refractivity contribution in [2.75, 3.05) is 6.54 Å². The summed E-state index contributed by atoms with van der Waals surface area (Å²) in [5.41, 5.74) is 0.153. The van der Waals surface area contributed by atoms with Crippen molar-refractivity contribution in [2.24, 2.45) is 0 Å². The quantitative estimate of drug-likeness (QED) is 0.432. The Hall–Kier alpha value is -2.62. The third-order valence-corrected chi connectivity index (χ3v) is 1.67. The van der Waals surface area contributed by atoms with E-state index < -0.39 is 16.5 Å². The summed E-state index contributed by atoms with van der Waals surface area (Å²) in [5, 5.41) is 22.1. The fourth-order valence-corrected chi connectivity index (χ4v) is 0.948. The standard InChI is InChI=1S/C10H9N3O4/c1-7(14)11-6-2-3-8-4-5-9(15)10(12-8)13(16)17/h4-5,15H,6H2,1H3,(H,11,14). The second-order valence-corrected chi connectivity index (χ2v) is 3.01. The lowest BCUT2D eigenvalue weighted by atomic mass is 10.3. The number of rotatable bonds is 2. The molecule has 1 aromatic heterocycles.